The number of hydrogen-bond donors (Lipinski definition) is 3. The topological polar surface area (TPSA) is 99.0 Å². The summed E-state index contributed by atoms with van der Waals surface area (Å²) in [6, 6.07) is 4.96. The third-order valence-corrected chi connectivity index (χ3v) is 2.83. The summed E-state index contributed by atoms with van der Waals surface area (Å²) in [5.41, 5.74) is 14.0. The second kappa shape index (κ2) is 5.43. The second-order valence-corrected chi connectivity index (χ2v) is 4.37. The molecule has 0 aliphatic rings. The van der Waals surface area contributed by atoms with Gasteiger partial charge in [-0.25, -0.2) is 0 Å². The summed E-state index contributed by atoms with van der Waals surface area (Å²) >= 11 is 0. The normalized spacial score (nSPS) is 10.4. The van der Waals surface area contributed by atoms with E-state index in [-0.39, 0.29) is 0 Å². The van der Waals surface area contributed by atoms with E-state index < -0.39 is 5.91 Å². The van der Waals surface area contributed by atoms with Crippen LogP contribution < -0.4 is 16.8 Å². The number of benzene rings is 1. The Bertz CT molecular complexity index is 590. The molecule has 1 amide bonds. The largest absolute Gasteiger partial charge is 0.397 e. The summed E-state index contributed by atoms with van der Waals surface area (Å²) in [7, 11) is 1.88. The number of anilines is 2. The van der Waals surface area contributed by atoms with Crippen LogP contribution in [0.3, 0.4) is 0 Å². The molecule has 0 atom stereocenters. The zero-order chi connectivity index (χ0) is 13.8. The molecule has 100 valence electrons. The maximum absolute atomic E-state index is 11.1. The van der Waals surface area contributed by atoms with Gasteiger partial charge < -0.3 is 16.8 Å². The zero-order valence-electron chi connectivity index (χ0n) is 10.8. The third-order valence-electron chi connectivity index (χ3n) is 2.83. The Labute approximate surface area is 111 Å². The number of carbonyl (C=O) groups excluding carboxylic acids is 1. The van der Waals surface area contributed by atoms with E-state index >= 15 is 0 Å². The number of nitrogen functional groups attached to an aromatic ring is 1. The van der Waals surface area contributed by atoms with Crippen LogP contribution in [-0.4, -0.2) is 22.2 Å². The summed E-state index contributed by atoms with van der Waals surface area (Å²) in [4.78, 5) is 11.1. The second-order valence-electron chi connectivity index (χ2n) is 4.37. The smallest absolute Gasteiger partial charge is 0.248 e. The molecule has 0 spiro atoms. The van der Waals surface area contributed by atoms with E-state index in [4.69, 9.17) is 11.5 Å². The number of primary amides is 1. The van der Waals surface area contributed by atoms with Crippen LogP contribution in [0.2, 0.25) is 0 Å². The summed E-state index contributed by atoms with van der Waals surface area (Å²) in [5.74, 6) is -0.463. The Morgan fingerprint density at radius 1 is 1.47 bits per heavy atom. The average Bonchev–Trinajstić information content (AvgIpc) is 2.77. The fourth-order valence-corrected chi connectivity index (χ4v) is 1.81. The van der Waals surface area contributed by atoms with Gasteiger partial charge >= 0.3 is 0 Å². The van der Waals surface area contributed by atoms with Gasteiger partial charge in [-0.1, -0.05) is 0 Å². The summed E-state index contributed by atoms with van der Waals surface area (Å²) in [6.45, 7) is 0.706. The first-order valence-corrected chi connectivity index (χ1v) is 5.97. The van der Waals surface area contributed by atoms with Gasteiger partial charge in [0.25, 0.3) is 0 Å². The number of hydrogen-bond acceptors (Lipinski definition) is 4. The molecule has 0 fully saturated rings. The van der Waals surface area contributed by atoms with E-state index in [1.165, 1.54) is 0 Å². The fourth-order valence-electron chi connectivity index (χ4n) is 1.81. The number of amides is 1. The van der Waals surface area contributed by atoms with Crippen molar-refractivity contribution in [3.05, 3.63) is 41.7 Å². The molecule has 6 heteroatoms. The maximum Gasteiger partial charge on any atom is 0.248 e. The first-order valence-electron chi connectivity index (χ1n) is 5.97. The average molecular weight is 259 g/mol. The summed E-state index contributed by atoms with van der Waals surface area (Å²) in [5, 5.41) is 7.30. The van der Waals surface area contributed by atoms with Gasteiger partial charge in [-0.2, -0.15) is 5.10 Å². The Balaban J connectivity index is 1.99. The number of rotatable bonds is 5. The highest BCUT2D eigenvalue weighted by atomic mass is 16.1. The van der Waals surface area contributed by atoms with Crippen molar-refractivity contribution in [2.24, 2.45) is 12.8 Å². The van der Waals surface area contributed by atoms with E-state index in [9.17, 15) is 4.79 Å². The van der Waals surface area contributed by atoms with Gasteiger partial charge in [0.2, 0.25) is 5.91 Å². The summed E-state index contributed by atoms with van der Waals surface area (Å²) < 4.78 is 1.76. The molecule has 0 bridgehead atoms. The lowest BCUT2D eigenvalue weighted by Crippen LogP contribution is -2.13. The lowest BCUT2D eigenvalue weighted by molar-refractivity contribution is 0.100. The predicted octanol–water partition coefficient (Wildman–Crippen LogP) is 0.756. The van der Waals surface area contributed by atoms with Crippen molar-refractivity contribution in [3.8, 4) is 0 Å². The molecule has 5 N–H and O–H groups in total. The van der Waals surface area contributed by atoms with Crippen molar-refractivity contribution in [1.29, 1.82) is 0 Å². The molecule has 2 aromatic rings. The van der Waals surface area contributed by atoms with Crippen molar-refractivity contribution in [3.63, 3.8) is 0 Å². The molecule has 0 unspecified atom stereocenters. The van der Waals surface area contributed by atoms with Crippen LogP contribution in [0, 0.1) is 0 Å². The molecule has 0 radical (unpaired) electrons. The van der Waals surface area contributed by atoms with Gasteiger partial charge in [0.15, 0.2) is 0 Å². The van der Waals surface area contributed by atoms with Gasteiger partial charge in [-0.05, 0) is 30.2 Å². The highest BCUT2D eigenvalue weighted by molar-refractivity contribution is 5.94. The molecule has 6 nitrogen and oxygen atoms in total. The Morgan fingerprint density at radius 2 is 2.26 bits per heavy atom. The molecule has 0 saturated heterocycles. The molecule has 0 saturated carbocycles. The van der Waals surface area contributed by atoms with E-state index in [1.807, 2.05) is 19.4 Å². The first kappa shape index (κ1) is 12.9. The number of nitrogens with two attached hydrogens (primary N) is 2. The van der Waals surface area contributed by atoms with Crippen LogP contribution in [-0.2, 0) is 13.5 Å². The van der Waals surface area contributed by atoms with Crippen molar-refractivity contribution in [2.75, 3.05) is 17.6 Å². The zero-order valence-corrected chi connectivity index (χ0v) is 10.8. The minimum atomic E-state index is -0.463. The lowest BCUT2D eigenvalue weighted by atomic mass is 10.1. The number of nitrogens with zero attached hydrogens (tertiary/aromatic N) is 2. The van der Waals surface area contributed by atoms with Crippen LogP contribution in [0.4, 0.5) is 11.4 Å². The van der Waals surface area contributed by atoms with Crippen LogP contribution in [0.25, 0.3) is 0 Å². The first-order chi connectivity index (χ1) is 9.06. The Hall–Kier alpha value is -2.50. The quantitative estimate of drug-likeness (QED) is 0.690. The SMILES string of the molecule is Cn1cc(CCNc2cc(C(N)=O)ccc2N)cn1. The Kier molecular flexibility index (Phi) is 3.70. The van der Waals surface area contributed by atoms with E-state index in [1.54, 1.807) is 22.9 Å². The number of carbonyl (C=O) groups is 1. The Morgan fingerprint density at radius 3 is 2.89 bits per heavy atom. The number of nitrogens with one attached hydrogen (secondary N) is 1. The van der Waals surface area contributed by atoms with Gasteiger partial charge in [-0.15, -0.1) is 0 Å². The van der Waals surface area contributed by atoms with Crippen LogP contribution in [0.1, 0.15) is 15.9 Å². The van der Waals surface area contributed by atoms with Crippen molar-refractivity contribution in [1.82, 2.24) is 9.78 Å². The van der Waals surface area contributed by atoms with E-state index in [2.05, 4.69) is 10.4 Å². The van der Waals surface area contributed by atoms with Gasteiger partial charge in [0, 0.05) is 25.4 Å². The van der Waals surface area contributed by atoms with E-state index in [0.29, 0.717) is 17.8 Å². The van der Waals surface area contributed by atoms with Gasteiger partial charge in [-0.3, -0.25) is 9.48 Å². The van der Waals surface area contributed by atoms with Crippen LogP contribution in [0.15, 0.2) is 30.6 Å². The van der Waals surface area contributed by atoms with Crippen LogP contribution >= 0.6 is 0 Å². The van der Waals surface area contributed by atoms with Crippen LogP contribution in [0.5, 0.6) is 0 Å². The minimum absolute atomic E-state index is 0.443. The molecule has 1 heterocycles. The molecule has 1 aromatic heterocycles. The lowest BCUT2D eigenvalue weighted by Gasteiger charge is -2.09. The number of aromatic nitrogens is 2. The fraction of sp³-hybridized carbons (Fsp3) is 0.231. The van der Waals surface area contributed by atoms with Crippen molar-refractivity contribution >= 4 is 17.3 Å². The molecule has 0 aliphatic heterocycles. The molecule has 19 heavy (non-hydrogen) atoms. The van der Waals surface area contributed by atoms with Crippen molar-refractivity contribution in [2.45, 2.75) is 6.42 Å². The maximum atomic E-state index is 11.1. The molecular weight excluding hydrogens is 242 g/mol. The molecule has 2 rings (SSSR count). The predicted molar refractivity (Wildman–Crippen MR) is 74.8 cm³/mol. The van der Waals surface area contributed by atoms with Gasteiger partial charge in [0.1, 0.15) is 0 Å². The molecular formula is C13H17N5O. The van der Waals surface area contributed by atoms with Crippen molar-refractivity contribution < 1.29 is 4.79 Å². The number of aryl methyl sites for hydroxylation is 1. The van der Waals surface area contributed by atoms with Gasteiger partial charge in [0.05, 0.1) is 17.6 Å². The third kappa shape index (κ3) is 3.25. The van der Waals surface area contributed by atoms with E-state index in [0.717, 1.165) is 17.7 Å². The summed E-state index contributed by atoms with van der Waals surface area (Å²) in [6.07, 6.45) is 4.61. The highest BCUT2D eigenvalue weighted by Crippen LogP contribution is 2.19. The standard InChI is InChI=1S/C13H17N5O/c1-18-8-9(7-17-18)4-5-16-12-6-10(13(15)19)2-3-11(12)14/h2-3,6-8,16H,4-5,14H2,1H3,(H2,15,19). The monoisotopic (exact) mass is 259 g/mol. The minimum Gasteiger partial charge on any atom is -0.397 e. The molecule has 0 aliphatic carbocycles. The molecule has 1 aromatic carbocycles. The highest BCUT2D eigenvalue weighted by Gasteiger charge is 2.05.